The van der Waals surface area contributed by atoms with Gasteiger partial charge in [0.2, 0.25) is 6.54 Å². The molecular formula is C14H21ClN2O2S2. The maximum absolute atomic E-state index is 11.2. The molecule has 1 aromatic rings. The summed E-state index contributed by atoms with van der Waals surface area (Å²) in [5, 5.41) is 11.7. The third kappa shape index (κ3) is 5.04. The first-order chi connectivity index (χ1) is 9.99. The molecule has 0 aliphatic heterocycles. The van der Waals surface area contributed by atoms with E-state index >= 15 is 0 Å². The molecule has 0 aromatic carbocycles. The predicted octanol–water partition coefficient (Wildman–Crippen LogP) is 4.71. The minimum Gasteiger partial charge on any atom is -0.264 e. The molecule has 21 heavy (non-hydrogen) atoms. The lowest BCUT2D eigenvalue weighted by Gasteiger charge is -2.36. The number of aromatic nitrogens is 1. The molecule has 0 radical (unpaired) electrons. The summed E-state index contributed by atoms with van der Waals surface area (Å²) in [5.41, 5.74) is 1.02. The molecule has 1 rings (SSSR count). The lowest BCUT2D eigenvalue weighted by Crippen LogP contribution is -2.37. The van der Waals surface area contributed by atoms with E-state index in [-0.39, 0.29) is 17.4 Å². The van der Waals surface area contributed by atoms with Gasteiger partial charge in [0.1, 0.15) is 9.23 Å². The van der Waals surface area contributed by atoms with Crippen molar-refractivity contribution >= 4 is 35.1 Å². The minimum atomic E-state index is -0.461. The molecule has 7 heteroatoms. The first-order valence-electron chi connectivity index (χ1n) is 7.00. The summed E-state index contributed by atoms with van der Waals surface area (Å²) >= 11 is 9.19. The second-order valence-corrected chi connectivity index (χ2v) is 8.38. The third-order valence-electron chi connectivity index (χ3n) is 3.22. The highest BCUT2D eigenvalue weighted by Crippen LogP contribution is 2.49. The molecule has 0 bridgehead atoms. The Labute approximate surface area is 139 Å². The largest absolute Gasteiger partial charge is 0.264 e. The molecule has 118 valence electrons. The van der Waals surface area contributed by atoms with Gasteiger partial charge in [-0.25, -0.2) is 4.98 Å². The quantitative estimate of drug-likeness (QED) is 0.280. The van der Waals surface area contributed by atoms with Crippen molar-refractivity contribution in [3.8, 4) is 0 Å². The van der Waals surface area contributed by atoms with Crippen LogP contribution < -0.4 is 0 Å². The summed E-state index contributed by atoms with van der Waals surface area (Å²) in [6, 6.07) is 3.69. The molecule has 1 heterocycles. The van der Waals surface area contributed by atoms with Crippen molar-refractivity contribution < 1.29 is 4.92 Å². The van der Waals surface area contributed by atoms with Gasteiger partial charge in [-0.3, -0.25) is 10.1 Å². The van der Waals surface area contributed by atoms with Crippen molar-refractivity contribution in [2.75, 3.05) is 18.1 Å². The molecule has 1 atom stereocenters. The number of halogens is 1. The fraction of sp³-hybridized carbons (Fsp3) is 0.643. The molecule has 0 fully saturated rings. The second-order valence-electron chi connectivity index (χ2n) is 4.54. The molecule has 0 aliphatic rings. The number of pyridine rings is 1. The van der Waals surface area contributed by atoms with Gasteiger partial charge in [-0.2, -0.15) is 0 Å². The lowest BCUT2D eigenvalue weighted by atomic mass is 9.93. The van der Waals surface area contributed by atoms with Gasteiger partial charge in [-0.15, -0.1) is 23.5 Å². The minimum absolute atomic E-state index is 0.0504. The van der Waals surface area contributed by atoms with E-state index in [9.17, 15) is 10.1 Å². The Morgan fingerprint density at radius 1 is 1.33 bits per heavy atom. The Morgan fingerprint density at radius 3 is 2.33 bits per heavy atom. The van der Waals surface area contributed by atoms with E-state index in [4.69, 9.17) is 11.6 Å². The van der Waals surface area contributed by atoms with Crippen LogP contribution in [0.1, 0.15) is 38.7 Å². The summed E-state index contributed by atoms with van der Waals surface area (Å²) < 4.78 is -0.461. The van der Waals surface area contributed by atoms with Crippen LogP contribution in [0.4, 0.5) is 0 Å². The first kappa shape index (κ1) is 18.6. The molecule has 0 saturated heterocycles. The highest BCUT2D eigenvalue weighted by Gasteiger charge is 2.44. The number of rotatable bonds is 9. The van der Waals surface area contributed by atoms with Gasteiger partial charge in [-0.1, -0.05) is 38.4 Å². The lowest BCUT2D eigenvalue weighted by molar-refractivity contribution is -0.481. The van der Waals surface area contributed by atoms with Gasteiger partial charge >= 0.3 is 0 Å². The second kappa shape index (κ2) is 8.86. The van der Waals surface area contributed by atoms with Crippen LogP contribution in [-0.4, -0.2) is 32.0 Å². The van der Waals surface area contributed by atoms with Gasteiger partial charge in [0.05, 0.1) is 0 Å². The van der Waals surface area contributed by atoms with E-state index < -0.39 is 4.08 Å². The summed E-state index contributed by atoms with van der Waals surface area (Å²) in [6.07, 6.45) is 2.58. The molecule has 4 nitrogen and oxygen atoms in total. The average Bonchev–Trinajstić information content (AvgIpc) is 2.41. The summed E-state index contributed by atoms with van der Waals surface area (Å²) in [6.45, 7) is 6.11. The Kier molecular flexibility index (Phi) is 7.84. The molecule has 1 aromatic heterocycles. The Balaban J connectivity index is 3.22. The topological polar surface area (TPSA) is 56.0 Å². The Hall–Kier alpha value is -0.460. The summed E-state index contributed by atoms with van der Waals surface area (Å²) in [4.78, 5) is 15.2. The van der Waals surface area contributed by atoms with Gasteiger partial charge in [0.25, 0.3) is 0 Å². The average molecular weight is 349 g/mol. The van der Waals surface area contributed by atoms with Crippen LogP contribution in [0.25, 0.3) is 0 Å². The fourth-order valence-electron chi connectivity index (χ4n) is 2.51. The summed E-state index contributed by atoms with van der Waals surface area (Å²) in [7, 11) is 0. The van der Waals surface area contributed by atoms with Gasteiger partial charge in [0, 0.05) is 17.0 Å². The van der Waals surface area contributed by atoms with Crippen LogP contribution in [0.15, 0.2) is 18.3 Å². The number of thioether (sulfide) groups is 2. The zero-order valence-corrected chi connectivity index (χ0v) is 14.9. The fourth-order valence-corrected chi connectivity index (χ4v) is 6.04. The number of hydrogen-bond donors (Lipinski definition) is 0. The van der Waals surface area contributed by atoms with Crippen molar-refractivity contribution in [3.05, 3.63) is 39.2 Å². The maximum atomic E-state index is 11.2. The van der Waals surface area contributed by atoms with Gasteiger partial charge < -0.3 is 0 Å². The van der Waals surface area contributed by atoms with Crippen molar-refractivity contribution in [2.24, 2.45) is 0 Å². The Morgan fingerprint density at radius 2 is 1.95 bits per heavy atom. The van der Waals surface area contributed by atoms with Crippen LogP contribution in [-0.2, 0) is 0 Å². The van der Waals surface area contributed by atoms with Crippen molar-refractivity contribution in [1.82, 2.24) is 4.98 Å². The number of nitrogens with zero attached hydrogens (tertiary/aromatic N) is 2. The predicted molar refractivity (Wildman–Crippen MR) is 93.1 cm³/mol. The monoisotopic (exact) mass is 348 g/mol. The number of hydrogen-bond acceptors (Lipinski definition) is 5. The summed E-state index contributed by atoms with van der Waals surface area (Å²) in [5.74, 6) is 1.76. The van der Waals surface area contributed by atoms with Crippen LogP contribution in [0.2, 0.25) is 5.15 Å². The van der Waals surface area contributed by atoms with E-state index in [1.807, 2.05) is 19.9 Å². The molecule has 0 N–H and O–H groups in total. The molecule has 0 spiro atoms. The van der Waals surface area contributed by atoms with E-state index in [2.05, 4.69) is 11.9 Å². The molecular weight excluding hydrogens is 328 g/mol. The third-order valence-corrected chi connectivity index (χ3v) is 6.53. The van der Waals surface area contributed by atoms with E-state index in [1.165, 1.54) is 0 Å². The van der Waals surface area contributed by atoms with E-state index in [0.29, 0.717) is 5.15 Å². The molecule has 0 saturated carbocycles. The van der Waals surface area contributed by atoms with Crippen molar-refractivity contribution in [2.45, 2.75) is 37.2 Å². The van der Waals surface area contributed by atoms with E-state index in [1.54, 1.807) is 35.8 Å². The maximum Gasteiger partial charge on any atom is 0.228 e. The highest BCUT2D eigenvalue weighted by atomic mass is 35.5. The molecule has 0 amide bonds. The SMILES string of the molecule is CCSC(C[N+](=O)[O-])(SCC)C(CC)c1ccc(Cl)nc1. The first-order valence-corrected chi connectivity index (χ1v) is 9.35. The molecule has 0 aliphatic carbocycles. The molecule has 1 unspecified atom stereocenters. The van der Waals surface area contributed by atoms with Gasteiger partial charge in [0.15, 0.2) is 0 Å². The smallest absolute Gasteiger partial charge is 0.228 e. The highest BCUT2D eigenvalue weighted by molar-refractivity contribution is 8.18. The standard InChI is InChI=1S/C14H21ClN2O2S2/c1-4-12(11-7-8-13(15)16-9-11)14(20-5-2,21-6-3)10-17(18)19/h7-9,12H,4-6,10H2,1-3H3. The normalized spacial score (nSPS) is 13.1. The zero-order chi connectivity index (χ0) is 15.9. The van der Waals surface area contributed by atoms with Crippen molar-refractivity contribution in [1.29, 1.82) is 0 Å². The number of nitro groups is 1. The van der Waals surface area contributed by atoms with Crippen LogP contribution >= 0.6 is 35.1 Å². The Bertz CT molecular complexity index is 451. The zero-order valence-electron chi connectivity index (χ0n) is 12.5. The van der Waals surface area contributed by atoms with Crippen molar-refractivity contribution in [3.63, 3.8) is 0 Å². The van der Waals surface area contributed by atoms with E-state index in [0.717, 1.165) is 23.5 Å². The van der Waals surface area contributed by atoms with Crippen LogP contribution in [0.5, 0.6) is 0 Å². The van der Waals surface area contributed by atoms with Gasteiger partial charge in [-0.05, 0) is 29.6 Å². The van der Waals surface area contributed by atoms with Crippen LogP contribution in [0.3, 0.4) is 0 Å². The van der Waals surface area contributed by atoms with Crippen LogP contribution in [0, 0.1) is 10.1 Å².